The fourth-order valence-corrected chi connectivity index (χ4v) is 3.55. The average molecular weight is 426 g/mol. The fraction of sp³-hybridized carbons (Fsp3) is 0.444. The molecule has 3 heterocycles. The molecule has 1 amide bonds. The number of carbonyl (C=O) groups excluding carboxylic acids is 1. The van der Waals surface area contributed by atoms with Crippen molar-refractivity contribution in [1.82, 2.24) is 35.2 Å². The summed E-state index contributed by atoms with van der Waals surface area (Å²) >= 11 is 0. The van der Waals surface area contributed by atoms with Gasteiger partial charge in [0, 0.05) is 7.05 Å². The van der Waals surface area contributed by atoms with Crippen molar-refractivity contribution in [3.63, 3.8) is 0 Å². The number of nitrogens with zero attached hydrogens (tertiary/aromatic N) is 5. The van der Waals surface area contributed by atoms with Crippen LogP contribution in [0.25, 0.3) is 11.0 Å². The number of halogens is 2. The molecule has 0 aliphatic carbocycles. The van der Waals surface area contributed by atoms with E-state index in [0.29, 0.717) is 18.3 Å². The van der Waals surface area contributed by atoms with Crippen LogP contribution in [0.15, 0.2) is 24.3 Å². The molecule has 0 atom stereocenters. The SMILES string of the molecule is Cc1c(C(=O)NCc2nc3ccccc3n2C)nnn1C1CCNCC1.Cl.Cl. The van der Waals surface area contributed by atoms with Gasteiger partial charge in [-0.25, -0.2) is 9.67 Å². The van der Waals surface area contributed by atoms with E-state index in [0.717, 1.165) is 48.5 Å². The van der Waals surface area contributed by atoms with Crippen LogP contribution in [-0.4, -0.2) is 43.5 Å². The second-order valence-electron chi connectivity index (χ2n) is 6.71. The highest BCUT2D eigenvalue weighted by atomic mass is 35.5. The van der Waals surface area contributed by atoms with E-state index in [1.165, 1.54) is 0 Å². The molecule has 0 radical (unpaired) electrons. The molecule has 28 heavy (non-hydrogen) atoms. The monoisotopic (exact) mass is 425 g/mol. The first kappa shape index (κ1) is 22.1. The number of piperidine rings is 1. The molecule has 0 spiro atoms. The number of para-hydroxylation sites is 2. The lowest BCUT2D eigenvalue weighted by Crippen LogP contribution is -2.30. The van der Waals surface area contributed by atoms with Gasteiger partial charge in [-0.2, -0.15) is 0 Å². The van der Waals surface area contributed by atoms with Crippen LogP contribution < -0.4 is 10.6 Å². The maximum atomic E-state index is 12.6. The fourth-order valence-electron chi connectivity index (χ4n) is 3.55. The van der Waals surface area contributed by atoms with E-state index in [-0.39, 0.29) is 30.7 Å². The third-order valence-corrected chi connectivity index (χ3v) is 5.08. The lowest BCUT2D eigenvalue weighted by Gasteiger charge is -2.23. The summed E-state index contributed by atoms with van der Waals surface area (Å²) < 4.78 is 3.89. The number of carbonyl (C=O) groups is 1. The molecule has 152 valence electrons. The second kappa shape index (κ2) is 9.36. The number of aryl methyl sites for hydroxylation is 1. The van der Waals surface area contributed by atoms with Gasteiger partial charge in [0.2, 0.25) is 0 Å². The summed E-state index contributed by atoms with van der Waals surface area (Å²) in [5, 5.41) is 14.6. The largest absolute Gasteiger partial charge is 0.343 e. The number of benzene rings is 1. The number of aromatic nitrogens is 5. The Balaban J connectivity index is 0.00000140. The highest BCUT2D eigenvalue weighted by Gasteiger charge is 2.23. The van der Waals surface area contributed by atoms with Crippen molar-refractivity contribution in [2.24, 2.45) is 7.05 Å². The zero-order chi connectivity index (χ0) is 18.1. The zero-order valence-electron chi connectivity index (χ0n) is 15.9. The minimum absolute atomic E-state index is 0. The summed E-state index contributed by atoms with van der Waals surface area (Å²) in [4.78, 5) is 17.2. The quantitative estimate of drug-likeness (QED) is 0.668. The Morgan fingerprint density at radius 3 is 2.68 bits per heavy atom. The van der Waals surface area contributed by atoms with Crippen molar-refractivity contribution in [2.45, 2.75) is 32.4 Å². The van der Waals surface area contributed by atoms with E-state index < -0.39 is 0 Å². The van der Waals surface area contributed by atoms with Gasteiger partial charge in [0.25, 0.3) is 5.91 Å². The molecule has 1 aromatic carbocycles. The van der Waals surface area contributed by atoms with Crippen LogP contribution in [0.3, 0.4) is 0 Å². The number of hydrogen-bond donors (Lipinski definition) is 2. The van der Waals surface area contributed by atoms with Crippen molar-refractivity contribution in [2.75, 3.05) is 13.1 Å². The summed E-state index contributed by atoms with van der Waals surface area (Å²) in [5.41, 5.74) is 3.18. The van der Waals surface area contributed by atoms with Gasteiger partial charge in [0.1, 0.15) is 5.82 Å². The normalized spacial score (nSPS) is 14.4. The predicted molar refractivity (Wildman–Crippen MR) is 112 cm³/mol. The molecule has 2 N–H and O–H groups in total. The van der Waals surface area contributed by atoms with Crippen molar-refractivity contribution in [3.8, 4) is 0 Å². The first-order valence-electron chi connectivity index (χ1n) is 8.96. The summed E-state index contributed by atoms with van der Waals surface area (Å²) in [6.07, 6.45) is 2.01. The molecule has 0 unspecified atom stereocenters. The molecule has 10 heteroatoms. The Labute approximate surface area is 175 Å². The molecule has 1 saturated heterocycles. The molecule has 0 saturated carbocycles. The van der Waals surface area contributed by atoms with E-state index in [4.69, 9.17) is 0 Å². The molecule has 3 aromatic rings. The molecule has 8 nitrogen and oxygen atoms in total. The molecule has 2 aromatic heterocycles. The van der Waals surface area contributed by atoms with Crippen LogP contribution in [0.2, 0.25) is 0 Å². The van der Waals surface area contributed by atoms with Gasteiger partial charge in [-0.3, -0.25) is 4.79 Å². The Morgan fingerprint density at radius 2 is 1.96 bits per heavy atom. The average Bonchev–Trinajstić information content (AvgIpc) is 3.21. The van der Waals surface area contributed by atoms with Gasteiger partial charge in [-0.15, -0.1) is 29.9 Å². The zero-order valence-corrected chi connectivity index (χ0v) is 17.5. The first-order valence-corrected chi connectivity index (χ1v) is 8.96. The first-order chi connectivity index (χ1) is 12.6. The Kier molecular flexibility index (Phi) is 7.40. The molecular weight excluding hydrogens is 401 g/mol. The number of nitrogens with one attached hydrogen (secondary N) is 2. The summed E-state index contributed by atoms with van der Waals surface area (Å²) in [6, 6.07) is 8.23. The van der Waals surface area contributed by atoms with Crippen LogP contribution in [0, 0.1) is 6.92 Å². The number of hydrogen-bond acceptors (Lipinski definition) is 5. The Morgan fingerprint density at radius 1 is 1.25 bits per heavy atom. The highest BCUT2D eigenvalue weighted by molar-refractivity contribution is 5.93. The summed E-state index contributed by atoms with van der Waals surface area (Å²) in [6.45, 7) is 4.20. The summed E-state index contributed by atoms with van der Waals surface area (Å²) in [7, 11) is 1.95. The molecule has 1 fully saturated rings. The maximum Gasteiger partial charge on any atom is 0.274 e. The third kappa shape index (κ3) is 4.14. The number of fused-ring (bicyclic) bond motifs is 1. The van der Waals surface area contributed by atoms with E-state index >= 15 is 0 Å². The van der Waals surface area contributed by atoms with E-state index in [1.807, 2.05) is 47.5 Å². The standard InChI is InChI=1S/C18H23N7O.2ClH/c1-12-17(22-23-25(12)13-7-9-19-10-8-13)18(26)20-11-16-21-14-5-3-4-6-15(14)24(16)2;;/h3-6,13,19H,7-11H2,1-2H3,(H,20,26);2*1H. The van der Waals surface area contributed by atoms with Gasteiger partial charge in [0.15, 0.2) is 5.69 Å². The lowest BCUT2D eigenvalue weighted by atomic mass is 10.1. The van der Waals surface area contributed by atoms with Crippen molar-refractivity contribution >= 4 is 41.8 Å². The van der Waals surface area contributed by atoms with Crippen LogP contribution in [-0.2, 0) is 13.6 Å². The second-order valence-corrected chi connectivity index (χ2v) is 6.71. The molecule has 1 aliphatic rings. The number of imidazole rings is 1. The van der Waals surface area contributed by atoms with E-state index in [1.54, 1.807) is 0 Å². The Hall–Kier alpha value is -2.16. The number of rotatable bonds is 4. The topological polar surface area (TPSA) is 89.7 Å². The summed E-state index contributed by atoms with van der Waals surface area (Å²) in [5.74, 6) is 0.595. The van der Waals surface area contributed by atoms with Crippen molar-refractivity contribution in [3.05, 3.63) is 41.5 Å². The van der Waals surface area contributed by atoms with Crippen molar-refractivity contribution < 1.29 is 4.79 Å². The van der Waals surface area contributed by atoms with Gasteiger partial charge in [-0.1, -0.05) is 17.3 Å². The molecule has 1 aliphatic heterocycles. The van der Waals surface area contributed by atoms with Gasteiger partial charge < -0.3 is 15.2 Å². The maximum absolute atomic E-state index is 12.6. The van der Waals surface area contributed by atoms with E-state index in [2.05, 4.69) is 25.9 Å². The minimum Gasteiger partial charge on any atom is -0.343 e. The van der Waals surface area contributed by atoms with Crippen LogP contribution in [0.5, 0.6) is 0 Å². The predicted octanol–water partition coefficient (Wildman–Crippen LogP) is 2.17. The smallest absolute Gasteiger partial charge is 0.274 e. The highest BCUT2D eigenvalue weighted by Crippen LogP contribution is 2.20. The van der Waals surface area contributed by atoms with E-state index in [9.17, 15) is 4.79 Å². The van der Waals surface area contributed by atoms with Gasteiger partial charge >= 0.3 is 0 Å². The third-order valence-electron chi connectivity index (χ3n) is 5.08. The number of amides is 1. The Bertz CT molecular complexity index is 947. The molecule has 4 rings (SSSR count). The van der Waals surface area contributed by atoms with Crippen LogP contribution in [0.1, 0.15) is 40.9 Å². The van der Waals surface area contributed by atoms with Crippen LogP contribution >= 0.6 is 24.8 Å². The molecule has 0 bridgehead atoms. The van der Waals surface area contributed by atoms with Crippen molar-refractivity contribution in [1.29, 1.82) is 0 Å². The van der Waals surface area contributed by atoms with Gasteiger partial charge in [0.05, 0.1) is 29.3 Å². The van der Waals surface area contributed by atoms with Gasteiger partial charge in [-0.05, 0) is 45.0 Å². The van der Waals surface area contributed by atoms with Crippen LogP contribution in [0.4, 0.5) is 0 Å². The molecular formula is C18H25Cl2N7O. The lowest BCUT2D eigenvalue weighted by molar-refractivity contribution is 0.0944. The minimum atomic E-state index is -0.213.